The summed E-state index contributed by atoms with van der Waals surface area (Å²) >= 11 is 1.63. The topological polar surface area (TPSA) is 76.8 Å². The van der Waals surface area contributed by atoms with Crippen molar-refractivity contribution in [3.8, 4) is 16.3 Å². The molecule has 1 aliphatic heterocycles. The molecule has 4 rings (SSSR count). The summed E-state index contributed by atoms with van der Waals surface area (Å²) in [7, 11) is 3.59. The third-order valence-corrected chi connectivity index (χ3v) is 6.02. The van der Waals surface area contributed by atoms with Gasteiger partial charge in [0.25, 0.3) is 0 Å². The summed E-state index contributed by atoms with van der Waals surface area (Å²) in [5.41, 5.74) is 3.13. The van der Waals surface area contributed by atoms with Crippen LogP contribution < -0.4 is 10.1 Å². The number of guanidine groups is 1. The number of nitrogens with zero attached hydrogens (tertiary/aromatic N) is 5. The monoisotopic (exact) mass is 568 g/mol. The minimum atomic E-state index is -0.00717. The van der Waals surface area contributed by atoms with Crippen LogP contribution in [-0.2, 0) is 18.3 Å². The van der Waals surface area contributed by atoms with Crippen molar-refractivity contribution in [2.45, 2.75) is 19.6 Å². The molecule has 172 valence electrons. The Hall–Kier alpha value is -2.18. The van der Waals surface area contributed by atoms with E-state index in [9.17, 15) is 0 Å². The second-order valence-corrected chi connectivity index (χ2v) is 8.15. The average molecular weight is 568 g/mol. The molecule has 0 saturated carbocycles. The first kappa shape index (κ1) is 24.5. The highest BCUT2D eigenvalue weighted by atomic mass is 127. The standard InChI is InChI=1S/C22H28N6O2S.HI/c1-4-23-22(28-9-10-30-20(14-28)17-11-25-27(2)13-17)24-12-18-15-31-21(26-18)16-5-7-19(29-3)8-6-16;/h5-8,11,13,15,20H,4,9-10,12,14H2,1-3H3,(H,23,24);1H. The number of morpholine rings is 1. The lowest BCUT2D eigenvalue weighted by Crippen LogP contribution is -2.48. The first-order valence-corrected chi connectivity index (χ1v) is 11.3. The molecule has 0 amide bonds. The quantitative estimate of drug-likeness (QED) is 0.278. The zero-order valence-corrected chi connectivity index (χ0v) is 21.7. The largest absolute Gasteiger partial charge is 0.497 e. The van der Waals surface area contributed by atoms with Crippen LogP contribution in [0.25, 0.3) is 10.6 Å². The molecular formula is C22H29IN6O2S. The van der Waals surface area contributed by atoms with Crippen LogP contribution in [0.5, 0.6) is 5.75 Å². The van der Waals surface area contributed by atoms with Gasteiger partial charge in [-0.05, 0) is 31.2 Å². The molecule has 1 fully saturated rings. The van der Waals surface area contributed by atoms with E-state index in [-0.39, 0.29) is 30.1 Å². The summed E-state index contributed by atoms with van der Waals surface area (Å²) < 4.78 is 13.0. The van der Waals surface area contributed by atoms with Crippen molar-refractivity contribution >= 4 is 41.3 Å². The molecule has 1 N–H and O–H groups in total. The number of aromatic nitrogens is 3. The van der Waals surface area contributed by atoms with E-state index >= 15 is 0 Å². The van der Waals surface area contributed by atoms with Gasteiger partial charge in [0.15, 0.2) is 5.96 Å². The number of thiazole rings is 1. The molecule has 10 heteroatoms. The summed E-state index contributed by atoms with van der Waals surface area (Å²) in [5.74, 6) is 1.73. The van der Waals surface area contributed by atoms with Crippen LogP contribution in [0, 0.1) is 0 Å². The van der Waals surface area contributed by atoms with Gasteiger partial charge in [-0.1, -0.05) is 0 Å². The molecule has 0 radical (unpaired) electrons. The van der Waals surface area contributed by atoms with Gasteiger partial charge in [-0.25, -0.2) is 9.98 Å². The number of halogens is 1. The first-order valence-electron chi connectivity index (χ1n) is 10.4. The normalized spacial score (nSPS) is 16.5. The summed E-state index contributed by atoms with van der Waals surface area (Å²) in [4.78, 5) is 11.9. The van der Waals surface area contributed by atoms with E-state index in [1.165, 1.54) is 0 Å². The Kier molecular flexibility index (Phi) is 8.88. The Balaban J connectivity index is 0.00000289. The van der Waals surface area contributed by atoms with Crippen LogP contribution in [0.1, 0.15) is 24.3 Å². The van der Waals surface area contributed by atoms with Crippen LogP contribution in [0.3, 0.4) is 0 Å². The Morgan fingerprint density at radius 1 is 1.34 bits per heavy atom. The van der Waals surface area contributed by atoms with Crippen LogP contribution in [0.4, 0.5) is 0 Å². The molecule has 2 aromatic heterocycles. The predicted molar refractivity (Wildman–Crippen MR) is 138 cm³/mol. The van der Waals surface area contributed by atoms with Gasteiger partial charge >= 0.3 is 0 Å². The summed E-state index contributed by atoms with van der Waals surface area (Å²) in [6.45, 7) is 5.62. The maximum atomic E-state index is 5.97. The van der Waals surface area contributed by atoms with E-state index in [0.29, 0.717) is 13.2 Å². The first-order chi connectivity index (χ1) is 15.2. The van der Waals surface area contributed by atoms with Gasteiger partial charge in [0.2, 0.25) is 0 Å². The Morgan fingerprint density at radius 3 is 2.84 bits per heavy atom. The van der Waals surface area contributed by atoms with Crippen molar-refractivity contribution in [1.29, 1.82) is 0 Å². The highest BCUT2D eigenvalue weighted by Crippen LogP contribution is 2.26. The zero-order valence-electron chi connectivity index (χ0n) is 18.5. The van der Waals surface area contributed by atoms with Crippen LogP contribution in [-0.4, -0.2) is 59.0 Å². The number of rotatable bonds is 6. The van der Waals surface area contributed by atoms with Gasteiger partial charge in [-0.3, -0.25) is 4.68 Å². The number of aliphatic imine (C=N–C) groups is 1. The van der Waals surface area contributed by atoms with E-state index in [2.05, 4.69) is 27.6 Å². The third kappa shape index (κ3) is 5.99. The molecule has 3 aromatic rings. The van der Waals surface area contributed by atoms with E-state index in [4.69, 9.17) is 19.5 Å². The Bertz CT molecular complexity index is 1020. The second-order valence-electron chi connectivity index (χ2n) is 7.30. The number of ether oxygens (including phenoxy) is 2. The SMILES string of the molecule is CCNC(=NCc1csc(-c2ccc(OC)cc2)n1)N1CCOC(c2cnn(C)c2)C1.I. The fraction of sp³-hybridized carbons (Fsp3) is 0.409. The van der Waals surface area contributed by atoms with Gasteiger partial charge < -0.3 is 19.7 Å². The number of aryl methyl sites for hydroxylation is 1. The van der Waals surface area contributed by atoms with Crippen molar-refractivity contribution in [2.75, 3.05) is 33.4 Å². The molecule has 0 spiro atoms. The maximum Gasteiger partial charge on any atom is 0.194 e. The molecule has 1 atom stereocenters. The molecule has 1 aromatic carbocycles. The lowest BCUT2D eigenvalue weighted by atomic mass is 10.1. The van der Waals surface area contributed by atoms with E-state index in [1.807, 2.05) is 43.7 Å². The second kappa shape index (κ2) is 11.6. The van der Waals surface area contributed by atoms with Crippen LogP contribution >= 0.6 is 35.3 Å². The zero-order chi connectivity index (χ0) is 21.6. The van der Waals surface area contributed by atoms with Crippen molar-refractivity contribution in [3.05, 3.63) is 53.3 Å². The molecule has 1 aliphatic rings. The number of hydrogen-bond acceptors (Lipinski definition) is 6. The third-order valence-electron chi connectivity index (χ3n) is 5.08. The van der Waals surface area contributed by atoms with Crippen molar-refractivity contribution in [2.24, 2.45) is 12.0 Å². The van der Waals surface area contributed by atoms with Crippen molar-refractivity contribution < 1.29 is 9.47 Å². The molecule has 0 bridgehead atoms. The molecule has 32 heavy (non-hydrogen) atoms. The van der Waals surface area contributed by atoms with Crippen molar-refractivity contribution in [3.63, 3.8) is 0 Å². The van der Waals surface area contributed by atoms with Gasteiger partial charge in [0, 0.05) is 42.8 Å². The fourth-order valence-electron chi connectivity index (χ4n) is 3.48. The average Bonchev–Trinajstić information content (AvgIpc) is 3.46. The molecule has 8 nitrogen and oxygen atoms in total. The molecule has 1 saturated heterocycles. The fourth-order valence-corrected chi connectivity index (χ4v) is 4.29. The highest BCUT2D eigenvalue weighted by molar-refractivity contribution is 14.0. The van der Waals surface area contributed by atoms with Crippen LogP contribution in [0.2, 0.25) is 0 Å². The minimum Gasteiger partial charge on any atom is -0.497 e. The lowest BCUT2D eigenvalue weighted by molar-refractivity contribution is -0.00805. The Labute approximate surface area is 209 Å². The van der Waals surface area contributed by atoms with Gasteiger partial charge in [0.05, 0.1) is 38.7 Å². The number of hydrogen-bond donors (Lipinski definition) is 1. The van der Waals surface area contributed by atoms with Crippen LogP contribution in [0.15, 0.2) is 47.0 Å². The lowest BCUT2D eigenvalue weighted by Gasteiger charge is -2.34. The smallest absolute Gasteiger partial charge is 0.194 e. The highest BCUT2D eigenvalue weighted by Gasteiger charge is 2.25. The molecule has 0 aliphatic carbocycles. The minimum absolute atomic E-state index is 0. The van der Waals surface area contributed by atoms with E-state index in [0.717, 1.165) is 53.2 Å². The van der Waals surface area contributed by atoms with Gasteiger partial charge in [0.1, 0.15) is 16.9 Å². The summed E-state index contributed by atoms with van der Waals surface area (Å²) in [6.07, 6.45) is 3.87. The summed E-state index contributed by atoms with van der Waals surface area (Å²) in [5, 5.41) is 10.7. The van der Waals surface area contributed by atoms with Gasteiger partial charge in [-0.15, -0.1) is 35.3 Å². The predicted octanol–water partition coefficient (Wildman–Crippen LogP) is 3.71. The van der Waals surface area contributed by atoms with Crippen molar-refractivity contribution in [1.82, 2.24) is 25.0 Å². The number of methoxy groups -OCH3 is 1. The summed E-state index contributed by atoms with van der Waals surface area (Å²) in [6, 6.07) is 7.96. The number of nitrogens with one attached hydrogen (secondary N) is 1. The van der Waals surface area contributed by atoms with E-state index in [1.54, 1.807) is 23.1 Å². The molecule has 3 heterocycles. The number of benzene rings is 1. The maximum absolute atomic E-state index is 5.97. The molecular weight excluding hydrogens is 539 g/mol. The van der Waals surface area contributed by atoms with E-state index < -0.39 is 0 Å². The molecule has 1 unspecified atom stereocenters. The van der Waals surface area contributed by atoms with Gasteiger partial charge in [-0.2, -0.15) is 5.10 Å². The Morgan fingerprint density at radius 2 is 2.16 bits per heavy atom.